The first-order chi connectivity index (χ1) is 8.33. The van der Waals surface area contributed by atoms with Gasteiger partial charge in [-0.25, -0.2) is 9.97 Å². The van der Waals surface area contributed by atoms with E-state index < -0.39 is 0 Å². The van der Waals surface area contributed by atoms with Gasteiger partial charge in [0.15, 0.2) is 5.82 Å². The molecule has 0 radical (unpaired) electrons. The van der Waals surface area contributed by atoms with Gasteiger partial charge >= 0.3 is 0 Å². The van der Waals surface area contributed by atoms with Crippen LogP contribution in [0.4, 0.5) is 5.69 Å². The van der Waals surface area contributed by atoms with Crippen LogP contribution in [0.1, 0.15) is 25.6 Å². The zero-order valence-electron chi connectivity index (χ0n) is 10.2. The lowest BCUT2D eigenvalue weighted by atomic mass is 10.0. The molecule has 3 rings (SSSR count). The number of nitrogens with one attached hydrogen (secondary N) is 1. The third kappa shape index (κ3) is 2.17. The summed E-state index contributed by atoms with van der Waals surface area (Å²) < 4.78 is 0. The van der Waals surface area contributed by atoms with E-state index >= 15 is 0 Å². The second kappa shape index (κ2) is 4.45. The van der Waals surface area contributed by atoms with Gasteiger partial charge in [-0.1, -0.05) is 6.08 Å². The Hall–Kier alpha value is -1.42. The van der Waals surface area contributed by atoms with Crippen molar-refractivity contribution >= 4 is 11.3 Å². The standard InChI is InChI=1S/C13H18N4/c1-10-7-11(3-4-14-10)13-15-8-12(9-16-13)17-5-2-6-17/h3,8-10,14H,2,4-7H2,1H3/t10-/m0/s1. The third-order valence-electron chi connectivity index (χ3n) is 3.49. The fourth-order valence-electron chi connectivity index (χ4n) is 2.28. The summed E-state index contributed by atoms with van der Waals surface area (Å²) in [6.45, 7) is 5.41. The highest BCUT2D eigenvalue weighted by molar-refractivity contribution is 5.62. The minimum absolute atomic E-state index is 0.522. The van der Waals surface area contributed by atoms with Crippen LogP contribution in [-0.4, -0.2) is 35.6 Å². The Kier molecular flexibility index (Phi) is 2.81. The fourth-order valence-corrected chi connectivity index (χ4v) is 2.28. The summed E-state index contributed by atoms with van der Waals surface area (Å²) in [5, 5.41) is 3.39. The molecular formula is C13H18N4. The van der Waals surface area contributed by atoms with Crippen LogP contribution in [0.5, 0.6) is 0 Å². The molecule has 0 aromatic carbocycles. The number of hydrogen-bond acceptors (Lipinski definition) is 4. The lowest BCUT2D eigenvalue weighted by Gasteiger charge is -2.32. The summed E-state index contributed by atoms with van der Waals surface area (Å²) in [5.74, 6) is 0.891. The lowest BCUT2D eigenvalue weighted by molar-refractivity contribution is 0.577. The molecule has 4 nitrogen and oxygen atoms in total. The molecule has 1 atom stereocenters. The zero-order valence-corrected chi connectivity index (χ0v) is 10.2. The Morgan fingerprint density at radius 2 is 2.06 bits per heavy atom. The average Bonchev–Trinajstić information content (AvgIpc) is 2.28. The second-order valence-electron chi connectivity index (χ2n) is 4.85. The highest BCUT2D eigenvalue weighted by atomic mass is 15.2. The van der Waals surface area contributed by atoms with Gasteiger partial charge in [0.2, 0.25) is 0 Å². The van der Waals surface area contributed by atoms with Crippen LogP contribution in [0, 0.1) is 0 Å². The van der Waals surface area contributed by atoms with Gasteiger partial charge < -0.3 is 10.2 Å². The second-order valence-corrected chi connectivity index (χ2v) is 4.85. The van der Waals surface area contributed by atoms with Gasteiger partial charge in [0.25, 0.3) is 0 Å². The van der Waals surface area contributed by atoms with Crippen molar-refractivity contribution in [2.75, 3.05) is 24.5 Å². The number of aromatic nitrogens is 2. The van der Waals surface area contributed by atoms with E-state index in [9.17, 15) is 0 Å². The average molecular weight is 230 g/mol. The Morgan fingerprint density at radius 1 is 1.29 bits per heavy atom. The Morgan fingerprint density at radius 3 is 2.65 bits per heavy atom. The number of anilines is 1. The van der Waals surface area contributed by atoms with E-state index in [-0.39, 0.29) is 0 Å². The molecule has 2 aliphatic rings. The molecule has 1 N–H and O–H groups in total. The molecule has 17 heavy (non-hydrogen) atoms. The van der Waals surface area contributed by atoms with Gasteiger partial charge in [-0.3, -0.25) is 0 Å². The molecule has 1 saturated heterocycles. The first-order valence-electron chi connectivity index (χ1n) is 6.33. The van der Waals surface area contributed by atoms with E-state index in [1.807, 2.05) is 12.4 Å². The molecule has 1 aromatic rings. The molecule has 1 fully saturated rings. The summed E-state index contributed by atoms with van der Waals surface area (Å²) >= 11 is 0. The van der Waals surface area contributed by atoms with Gasteiger partial charge in [-0.15, -0.1) is 0 Å². The van der Waals surface area contributed by atoms with Gasteiger partial charge in [-0.2, -0.15) is 0 Å². The Labute approximate surface area is 102 Å². The van der Waals surface area contributed by atoms with Crippen molar-refractivity contribution in [2.24, 2.45) is 0 Å². The third-order valence-corrected chi connectivity index (χ3v) is 3.49. The first kappa shape index (κ1) is 10.7. The maximum atomic E-state index is 4.49. The van der Waals surface area contributed by atoms with Crippen molar-refractivity contribution in [3.8, 4) is 0 Å². The zero-order chi connectivity index (χ0) is 11.7. The first-order valence-corrected chi connectivity index (χ1v) is 6.33. The van der Waals surface area contributed by atoms with Crippen molar-refractivity contribution in [2.45, 2.75) is 25.8 Å². The quantitative estimate of drug-likeness (QED) is 0.835. The molecule has 2 aliphatic heterocycles. The smallest absolute Gasteiger partial charge is 0.154 e. The summed E-state index contributed by atoms with van der Waals surface area (Å²) in [6, 6.07) is 0.522. The summed E-state index contributed by atoms with van der Waals surface area (Å²) in [4.78, 5) is 11.3. The van der Waals surface area contributed by atoms with Crippen LogP contribution < -0.4 is 10.2 Å². The summed E-state index contributed by atoms with van der Waals surface area (Å²) in [5.41, 5.74) is 2.42. The van der Waals surface area contributed by atoms with Crippen LogP contribution in [0.3, 0.4) is 0 Å². The molecule has 0 aliphatic carbocycles. The molecule has 0 amide bonds. The predicted molar refractivity (Wildman–Crippen MR) is 68.9 cm³/mol. The molecule has 90 valence electrons. The molecule has 0 bridgehead atoms. The SMILES string of the molecule is C[C@H]1CC(c2ncc(N3CCC3)cn2)=CCN1. The number of hydrogen-bond donors (Lipinski definition) is 1. The van der Waals surface area contributed by atoms with Gasteiger partial charge in [-0.05, 0) is 25.3 Å². The van der Waals surface area contributed by atoms with Crippen molar-refractivity contribution in [1.82, 2.24) is 15.3 Å². The largest absolute Gasteiger partial charge is 0.369 e. The van der Waals surface area contributed by atoms with E-state index in [2.05, 4.69) is 33.2 Å². The van der Waals surface area contributed by atoms with Gasteiger partial charge in [0.05, 0.1) is 18.1 Å². The summed E-state index contributed by atoms with van der Waals surface area (Å²) in [7, 11) is 0. The van der Waals surface area contributed by atoms with Crippen LogP contribution in [0.2, 0.25) is 0 Å². The number of rotatable bonds is 2. The van der Waals surface area contributed by atoms with E-state index in [0.29, 0.717) is 6.04 Å². The van der Waals surface area contributed by atoms with Crippen molar-refractivity contribution in [3.63, 3.8) is 0 Å². The maximum absolute atomic E-state index is 4.49. The minimum Gasteiger partial charge on any atom is -0.369 e. The van der Waals surface area contributed by atoms with Crippen LogP contribution in [0.25, 0.3) is 5.57 Å². The van der Waals surface area contributed by atoms with Crippen LogP contribution in [-0.2, 0) is 0 Å². The van der Waals surface area contributed by atoms with Gasteiger partial charge in [0.1, 0.15) is 0 Å². The molecule has 0 saturated carbocycles. The summed E-state index contributed by atoms with van der Waals surface area (Å²) in [6.07, 6.45) is 8.40. The monoisotopic (exact) mass is 230 g/mol. The Balaban J connectivity index is 1.77. The minimum atomic E-state index is 0.522. The topological polar surface area (TPSA) is 41.1 Å². The fraction of sp³-hybridized carbons (Fsp3) is 0.538. The van der Waals surface area contributed by atoms with Crippen molar-refractivity contribution in [3.05, 3.63) is 24.3 Å². The molecule has 3 heterocycles. The van der Waals surface area contributed by atoms with Gasteiger partial charge in [0, 0.05) is 25.7 Å². The number of nitrogens with zero attached hydrogens (tertiary/aromatic N) is 3. The van der Waals surface area contributed by atoms with Crippen molar-refractivity contribution < 1.29 is 0 Å². The Bertz CT molecular complexity index is 420. The highest BCUT2D eigenvalue weighted by Crippen LogP contribution is 2.22. The van der Waals surface area contributed by atoms with Crippen molar-refractivity contribution in [1.29, 1.82) is 0 Å². The van der Waals surface area contributed by atoms with Crippen LogP contribution in [0.15, 0.2) is 18.5 Å². The lowest BCUT2D eigenvalue weighted by Crippen LogP contribution is -2.37. The van der Waals surface area contributed by atoms with E-state index in [0.717, 1.165) is 37.6 Å². The normalized spacial score (nSPS) is 24.2. The molecular weight excluding hydrogens is 212 g/mol. The van der Waals surface area contributed by atoms with E-state index in [1.165, 1.54) is 12.0 Å². The molecule has 1 aromatic heterocycles. The van der Waals surface area contributed by atoms with E-state index in [1.54, 1.807) is 0 Å². The molecule has 4 heteroatoms. The van der Waals surface area contributed by atoms with Crippen LogP contribution >= 0.6 is 0 Å². The van der Waals surface area contributed by atoms with E-state index in [4.69, 9.17) is 0 Å². The maximum Gasteiger partial charge on any atom is 0.154 e. The predicted octanol–water partition coefficient (Wildman–Crippen LogP) is 1.45. The highest BCUT2D eigenvalue weighted by Gasteiger charge is 2.17. The molecule has 0 spiro atoms. The molecule has 0 unspecified atom stereocenters.